The second kappa shape index (κ2) is 22.3. The maximum Gasteiger partial charge on any atom is 0.0887 e. The molecular weight excluding hydrogens is 1020 g/mol. The number of hydrogen-bond donors (Lipinski definition) is 0. The molecule has 5 heteroatoms. The number of rotatable bonds is 13. The summed E-state index contributed by atoms with van der Waals surface area (Å²) in [7, 11) is 0. The zero-order valence-electron chi connectivity index (χ0n) is 51.3. The topological polar surface area (TPSA) is 9.72 Å². The van der Waals surface area contributed by atoms with Crippen LogP contribution in [0.5, 0.6) is 0 Å². The molecule has 0 spiro atoms. The van der Waals surface area contributed by atoms with Gasteiger partial charge in [0.15, 0.2) is 0 Å². The van der Waals surface area contributed by atoms with Gasteiger partial charge in [-0.2, -0.15) is 0 Å². The Bertz CT molecular complexity index is 4400. The third kappa shape index (κ3) is 10.9. The van der Waals surface area contributed by atoms with E-state index in [-0.39, 0.29) is 28.5 Å². The van der Waals surface area contributed by atoms with Crippen LogP contribution in [0.3, 0.4) is 0 Å². The Kier molecular flexibility index (Phi) is 12.9. The van der Waals surface area contributed by atoms with Crippen molar-refractivity contribution in [3.8, 4) is 44.5 Å². The van der Waals surface area contributed by atoms with Crippen molar-refractivity contribution in [1.82, 2.24) is 0 Å². The normalized spacial score (nSPS) is 12.5. The summed E-state index contributed by atoms with van der Waals surface area (Å²) in [5.41, 5.74) is 16.0. The van der Waals surface area contributed by atoms with E-state index in [2.05, 4.69) is 250 Å². The molecule has 0 fully saturated rings. The summed E-state index contributed by atoms with van der Waals surface area (Å²) in [6, 6.07) is 82.0. The average molecular weight is 1090 g/mol. The van der Waals surface area contributed by atoms with Gasteiger partial charge in [-0.05, 0) is 146 Å². The Balaban J connectivity index is 1.15. The van der Waals surface area contributed by atoms with E-state index in [1.807, 2.05) is 54.6 Å². The standard InChI is InChI=1S/C76H64ClN3S/c1-75(2,3)60-38-45-63(46-39-60)78(69-33-20-19-32-67(69)58-28-17-10-18-29-58)65-30-21-31-66(51-65)79(62-41-34-56(35-42-62)53-22-11-7-12-23-53)70-48-59(55-26-15-9-16-27-55)49-71(74(70)77)80(64-43-36-57(37-44-64)54-24-13-8-14-25-54)72-52-81-73-47-40-61(50-68(72)73)76(4,5)6/h7-52H,1-6H3/i9D,15D,16D,26D,27D. The van der Waals surface area contributed by atoms with Crippen molar-refractivity contribution >= 4 is 84.2 Å². The van der Waals surface area contributed by atoms with Crippen LogP contribution in [0.15, 0.2) is 278 Å². The molecule has 0 radical (unpaired) electrons. The molecule has 0 saturated carbocycles. The van der Waals surface area contributed by atoms with E-state index in [1.54, 1.807) is 11.3 Å². The van der Waals surface area contributed by atoms with Gasteiger partial charge in [0.05, 0.1) is 34.6 Å². The Morgan fingerprint density at radius 1 is 0.346 bits per heavy atom. The largest absolute Gasteiger partial charge is 0.310 e. The highest BCUT2D eigenvalue weighted by Crippen LogP contribution is 2.53. The Morgan fingerprint density at radius 2 is 0.802 bits per heavy atom. The molecule has 0 aliphatic carbocycles. The summed E-state index contributed by atoms with van der Waals surface area (Å²) in [5.74, 6) is 0. The molecule has 0 N–H and O–H groups in total. The van der Waals surface area contributed by atoms with E-state index in [0.29, 0.717) is 22.0 Å². The van der Waals surface area contributed by atoms with Gasteiger partial charge in [-0.15, -0.1) is 11.3 Å². The number of hydrogen-bond acceptors (Lipinski definition) is 4. The number of benzene rings is 11. The number of halogens is 1. The van der Waals surface area contributed by atoms with Crippen molar-refractivity contribution < 1.29 is 6.85 Å². The molecule has 12 rings (SSSR count). The molecule has 0 amide bonds. The first kappa shape index (κ1) is 46.9. The molecule has 0 aliphatic rings. The molecule has 81 heavy (non-hydrogen) atoms. The lowest BCUT2D eigenvalue weighted by atomic mass is 9.86. The van der Waals surface area contributed by atoms with Crippen LogP contribution in [0.25, 0.3) is 54.6 Å². The zero-order chi connectivity index (χ0) is 60.0. The highest BCUT2D eigenvalue weighted by Gasteiger charge is 2.28. The minimum Gasteiger partial charge on any atom is -0.310 e. The van der Waals surface area contributed by atoms with Crippen molar-refractivity contribution in [2.45, 2.75) is 52.4 Å². The van der Waals surface area contributed by atoms with E-state index in [4.69, 9.17) is 15.7 Å². The lowest BCUT2D eigenvalue weighted by molar-refractivity contribution is 0.590. The van der Waals surface area contributed by atoms with Crippen LogP contribution in [0.4, 0.5) is 51.2 Å². The maximum absolute atomic E-state index is 9.54. The van der Waals surface area contributed by atoms with Gasteiger partial charge in [0, 0.05) is 49.5 Å². The van der Waals surface area contributed by atoms with Crippen molar-refractivity contribution in [3.63, 3.8) is 0 Å². The summed E-state index contributed by atoms with van der Waals surface area (Å²) in [6.07, 6.45) is 0. The highest BCUT2D eigenvalue weighted by molar-refractivity contribution is 7.17. The van der Waals surface area contributed by atoms with Gasteiger partial charge < -0.3 is 14.7 Å². The maximum atomic E-state index is 9.54. The first-order valence-corrected chi connectivity index (χ1v) is 28.7. The van der Waals surface area contributed by atoms with E-state index in [0.717, 1.165) is 83.3 Å². The first-order valence-electron chi connectivity index (χ1n) is 29.9. The van der Waals surface area contributed by atoms with E-state index >= 15 is 0 Å². The molecule has 0 atom stereocenters. The molecule has 0 unspecified atom stereocenters. The molecule has 3 nitrogen and oxygen atoms in total. The Labute approximate surface area is 494 Å². The van der Waals surface area contributed by atoms with Gasteiger partial charge >= 0.3 is 0 Å². The summed E-state index contributed by atoms with van der Waals surface area (Å²) >= 11 is 9.99. The van der Waals surface area contributed by atoms with Gasteiger partial charge in [0.25, 0.3) is 0 Å². The van der Waals surface area contributed by atoms with Crippen molar-refractivity contribution in [2.75, 3.05) is 14.7 Å². The number of anilines is 9. The lowest BCUT2D eigenvalue weighted by Gasteiger charge is -2.33. The molecular formula is C76H64ClN3S. The molecule has 12 aromatic rings. The van der Waals surface area contributed by atoms with Crippen LogP contribution in [0.2, 0.25) is 5.02 Å². The quantitative estimate of drug-likeness (QED) is 0.114. The molecule has 1 heterocycles. The summed E-state index contributed by atoms with van der Waals surface area (Å²) in [6.45, 7) is 13.3. The minimum atomic E-state index is -0.471. The van der Waals surface area contributed by atoms with Crippen LogP contribution in [-0.4, -0.2) is 0 Å². The predicted molar refractivity (Wildman–Crippen MR) is 350 cm³/mol. The fourth-order valence-electron chi connectivity index (χ4n) is 10.7. The summed E-state index contributed by atoms with van der Waals surface area (Å²) < 4.78 is 46.9. The SMILES string of the molecule is [2H]c1c([2H])c([2H])c(-c2cc(N(c3ccc(-c4ccccc4)cc3)c3cccc(N(c4ccc(C(C)(C)C)cc4)c4ccccc4-c4ccccc4)c3)c(Cl)c(N(c3ccc(-c4ccccc4)cc3)c3csc4ccc(C(C)(C)C)cc34)c2)c([2H])c1[2H]. The fraction of sp³-hybridized carbons (Fsp3) is 0.105. The second-order valence-electron chi connectivity index (χ2n) is 22.4. The predicted octanol–water partition coefficient (Wildman–Crippen LogP) is 23.2. The van der Waals surface area contributed by atoms with Crippen molar-refractivity contribution in [3.05, 3.63) is 294 Å². The summed E-state index contributed by atoms with van der Waals surface area (Å²) in [5, 5.41) is 3.54. The van der Waals surface area contributed by atoms with Gasteiger partial charge in [-0.3, -0.25) is 0 Å². The van der Waals surface area contributed by atoms with E-state index in [1.165, 1.54) is 11.1 Å². The van der Waals surface area contributed by atoms with Gasteiger partial charge in [-0.1, -0.05) is 241 Å². The Morgan fingerprint density at radius 3 is 1.36 bits per heavy atom. The third-order valence-corrected chi connectivity index (χ3v) is 16.3. The molecule has 0 bridgehead atoms. The molecule has 0 saturated heterocycles. The molecule has 11 aromatic carbocycles. The monoisotopic (exact) mass is 1090 g/mol. The van der Waals surface area contributed by atoms with Crippen LogP contribution < -0.4 is 14.7 Å². The average Bonchev–Trinajstić information content (AvgIpc) is 1.29. The number of para-hydroxylation sites is 1. The van der Waals surface area contributed by atoms with Crippen LogP contribution in [0.1, 0.15) is 59.5 Å². The van der Waals surface area contributed by atoms with Gasteiger partial charge in [0.1, 0.15) is 0 Å². The third-order valence-electron chi connectivity index (χ3n) is 15.0. The first-order chi connectivity index (χ1) is 41.4. The van der Waals surface area contributed by atoms with Crippen LogP contribution in [0, 0.1) is 0 Å². The number of thiophene rings is 1. The highest BCUT2D eigenvalue weighted by atomic mass is 35.5. The van der Waals surface area contributed by atoms with E-state index in [9.17, 15) is 2.74 Å². The Hall–Kier alpha value is -8.93. The van der Waals surface area contributed by atoms with Gasteiger partial charge in [-0.25, -0.2) is 0 Å². The molecule has 396 valence electrons. The fourth-order valence-corrected chi connectivity index (χ4v) is 11.8. The van der Waals surface area contributed by atoms with Crippen LogP contribution in [-0.2, 0) is 10.8 Å². The van der Waals surface area contributed by atoms with Crippen molar-refractivity contribution in [2.24, 2.45) is 0 Å². The van der Waals surface area contributed by atoms with Gasteiger partial charge in [0.2, 0.25) is 0 Å². The second-order valence-corrected chi connectivity index (χ2v) is 23.7. The minimum absolute atomic E-state index is 0.0512. The lowest BCUT2D eigenvalue weighted by Crippen LogP contribution is -2.16. The smallest absolute Gasteiger partial charge is 0.0887 e. The molecule has 1 aromatic heterocycles. The van der Waals surface area contributed by atoms with Crippen LogP contribution >= 0.6 is 22.9 Å². The van der Waals surface area contributed by atoms with Crippen molar-refractivity contribution in [1.29, 1.82) is 0 Å². The van der Waals surface area contributed by atoms with E-state index < -0.39 is 18.1 Å². The number of fused-ring (bicyclic) bond motifs is 1. The summed E-state index contributed by atoms with van der Waals surface area (Å²) in [4.78, 5) is 6.60. The molecule has 0 aliphatic heterocycles. The zero-order valence-corrected chi connectivity index (χ0v) is 47.9. The number of nitrogens with zero attached hydrogens (tertiary/aromatic N) is 3.